The van der Waals surface area contributed by atoms with Crippen LogP contribution in [0.1, 0.15) is 24.1 Å². The molecule has 0 unspecified atom stereocenters. The summed E-state index contributed by atoms with van der Waals surface area (Å²) in [6, 6.07) is 6.80. The number of benzene rings is 1. The maximum atomic E-state index is 13.8. The number of urea groups is 1. The van der Waals surface area contributed by atoms with Crippen LogP contribution < -0.4 is 10.0 Å². The van der Waals surface area contributed by atoms with Crippen LogP contribution in [0.15, 0.2) is 41.8 Å². The zero-order valence-corrected chi connectivity index (χ0v) is 17.2. The van der Waals surface area contributed by atoms with E-state index in [-0.39, 0.29) is 25.2 Å². The van der Waals surface area contributed by atoms with E-state index in [0.717, 1.165) is 15.8 Å². The first-order valence-corrected chi connectivity index (χ1v) is 10.7. The minimum Gasteiger partial charge on any atom is -0.550 e. The molecule has 2 saturated heterocycles. The van der Waals surface area contributed by atoms with Gasteiger partial charge in [-0.3, -0.25) is 9.59 Å². The van der Waals surface area contributed by atoms with Crippen LogP contribution in [0.5, 0.6) is 0 Å². The zero-order valence-electron chi connectivity index (χ0n) is 16.4. The summed E-state index contributed by atoms with van der Waals surface area (Å²) in [4.78, 5) is 54.8. The predicted molar refractivity (Wildman–Crippen MR) is 107 cm³/mol. The minimum absolute atomic E-state index is 0.0821. The first kappa shape index (κ1) is 21.0. The number of hydrogen-bond acceptors (Lipinski definition) is 6. The van der Waals surface area contributed by atoms with E-state index in [2.05, 4.69) is 0 Å². The average molecular weight is 444 g/mol. The van der Waals surface area contributed by atoms with Gasteiger partial charge in [0.15, 0.2) is 0 Å². The third-order valence-corrected chi connectivity index (χ3v) is 6.37. The molecule has 2 aromatic rings. The van der Waals surface area contributed by atoms with Gasteiger partial charge in [-0.25, -0.2) is 14.1 Å². The van der Waals surface area contributed by atoms with E-state index in [9.17, 15) is 28.7 Å². The standard InChI is InChI=1S/C21H20FN3O5S/c22-13-3-1-4-14(11-13)25-20(29)19-16(8-9-23(19)17(26)6-7-18(27)28)24(21(25)30)12-15-5-2-10-31-15/h1-5,10-11,16,19H,6-9,12H2,(H,27,28)/p-1/t16-,19+/m1/s1. The molecule has 2 fully saturated rings. The maximum Gasteiger partial charge on any atom is 0.332 e. The molecule has 4 amide bonds. The molecule has 0 spiro atoms. The lowest BCUT2D eigenvalue weighted by Gasteiger charge is -2.43. The van der Waals surface area contributed by atoms with Gasteiger partial charge in [0.25, 0.3) is 5.91 Å². The number of nitrogens with zero attached hydrogens (tertiary/aromatic N) is 3. The van der Waals surface area contributed by atoms with E-state index in [4.69, 9.17) is 0 Å². The number of likely N-dealkylation sites (tertiary alicyclic amines) is 1. The fraction of sp³-hybridized carbons (Fsp3) is 0.333. The van der Waals surface area contributed by atoms with Crippen molar-refractivity contribution >= 4 is 40.8 Å². The third-order valence-electron chi connectivity index (χ3n) is 5.51. The summed E-state index contributed by atoms with van der Waals surface area (Å²) >= 11 is 1.46. The third kappa shape index (κ3) is 4.02. The molecular formula is C21H19FN3O5S-. The number of imide groups is 1. The van der Waals surface area contributed by atoms with Crippen LogP contribution in [0.4, 0.5) is 14.9 Å². The van der Waals surface area contributed by atoms with Crippen molar-refractivity contribution in [2.75, 3.05) is 11.4 Å². The highest BCUT2D eigenvalue weighted by Gasteiger charge is 2.53. The Kier molecular flexibility index (Phi) is 5.73. The smallest absolute Gasteiger partial charge is 0.332 e. The summed E-state index contributed by atoms with van der Waals surface area (Å²) in [5.74, 6) is -3.06. The fourth-order valence-electron chi connectivity index (χ4n) is 4.14. The lowest BCUT2D eigenvalue weighted by atomic mass is 10.0. The first-order valence-electron chi connectivity index (χ1n) is 9.78. The number of anilines is 1. The summed E-state index contributed by atoms with van der Waals surface area (Å²) < 4.78 is 13.8. The molecule has 31 heavy (non-hydrogen) atoms. The monoisotopic (exact) mass is 444 g/mol. The van der Waals surface area contributed by atoms with Gasteiger partial charge in [0.1, 0.15) is 11.9 Å². The van der Waals surface area contributed by atoms with Crippen molar-refractivity contribution in [1.82, 2.24) is 9.80 Å². The molecular weight excluding hydrogens is 425 g/mol. The number of thiophene rings is 1. The second kappa shape index (κ2) is 8.46. The molecule has 0 bridgehead atoms. The lowest BCUT2D eigenvalue weighted by molar-refractivity contribution is -0.305. The summed E-state index contributed by atoms with van der Waals surface area (Å²) in [5.41, 5.74) is 0.0821. The van der Waals surface area contributed by atoms with Gasteiger partial charge >= 0.3 is 6.03 Å². The molecule has 10 heteroatoms. The van der Waals surface area contributed by atoms with E-state index >= 15 is 0 Å². The van der Waals surface area contributed by atoms with Crippen molar-refractivity contribution in [3.8, 4) is 0 Å². The van der Waals surface area contributed by atoms with Crippen molar-refractivity contribution in [3.63, 3.8) is 0 Å². The molecule has 3 heterocycles. The molecule has 4 rings (SSSR count). The molecule has 1 aromatic carbocycles. The Morgan fingerprint density at radius 2 is 1.97 bits per heavy atom. The largest absolute Gasteiger partial charge is 0.550 e. The first-order chi connectivity index (χ1) is 14.9. The van der Waals surface area contributed by atoms with Crippen molar-refractivity contribution in [2.45, 2.75) is 37.9 Å². The van der Waals surface area contributed by atoms with Gasteiger partial charge in [-0.05, 0) is 42.5 Å². The summed E-state index contributed by atoms with van der Waals surface area (Å²) in [6.45, 7) is 0.468. The minimum atomic E-state index is -1.35. The number of carboxylic acids is 1. The number of halogens is 1. The van der Waals surface area contributed by atoms with Crippen molar-refractivity contribution in [2.24, 2.45) is 0 Å². The van der Waals surface area contributed by atoms with E-state index < -0.39 is 48.1 Å². The molecule has 1 aromatic heterocycles. The predicted octanol–water partition coefficient (Wildman–Crippen LogP) is 1.36. The molecule has 2 aliphatic rings. The Morgan fingerprint density at radius 1 is 1.16 bits per heavy atom. The Balaban J connectivity index is 1.69. The number of rotatable bonds is 6. The van der Waals surface area contributed by atoms with E-state index in [0.29, 0.717) is 6.42 Å². The van der Waals surface area contributed by atoms with Crippen LogP contribution in [0.3, 0.4) is 0 Å². The van der Waals surface area contributed by atoms with Crippen molar-refractivity contribution in [1.29, 1.82) is 0 Å². The van der Waals surface area contributed by atoms with Gasteiger partial charge in [-0.1, -0.05) is 12.1 Å². The number of fused-ring (bicyclic) bond motifs is 1. The van der Waals surface area contributed by atoms with Crippen LogP contribution >= 0.6 is 11.3 Å². The maximum absolute atomic E-state index is 13.8. The van der Waals surface area contributed by atoms with E-state index in [1.54, 1.807) is 0 Å². The molecule has 2 atom stereocenters. The average Bonchev–Trinajstić information content (AvgIpc) is 3.39. The van der Waals surface area contributed by atoms with Gasteiger partial charge in [-0.2, -0.15) is 0 Å². The van der Waals surface area contributed by atoms with Crippen molar-refractivity contribution < 1.29 is 28.7 Å². The van der Waals surface area contributed by atoms with Gasteiger partial charge in [0.05, 0.1) is 18.3 Å². The molecule has 0 N–H and O–H groups in total. The Labute approximate surface area is 181 Å². The zero-order chi connectivity index (χ0) is 22.1. The second-order valence-electron chi connectivity index (χ2n) is 7.40. The van der Waals surface area contributed by atoms with Gasteiger partial charge in [0, 0.05) is 23.8 Å². The summed E-state index contributed by atoms with van der Waals surface area (Å²) in [5, 5.41) is 12.6. The molecule has 2 aliphatic heterocycles. The van der Waals surface area contributed by atoms with Crippen LogP contribution in [-0.4, -0.2) is 52.2 Å². The highest BCUT2D eigenvalue weighted by atomic mass is 32.1. The van der Waals surface area contributed by atoms with Gasteiger partial charge in [-0.15, -0.1) is 11.3 Å². The Morgan fingerprint density at radius 3 is 2.65 bits per heavy atom. The molecule has 0 saturated carbocycles. The van der Waals surface area contributed by atoms with Crippen molar-refractivity contribution in [3.05, 3.63) is 52.5 Å². The number of hydrogen-bond donors (Lipinski definition) is 0. The quantitative estimate of drug-likeness (QED) is 0.670. The van der Waals surface area contributed by atoms with Crippen LogP contribution in [0, 0.1) is 5.82 Å². The molecule has 0 radical (unpaired) electrons. The van der Waals surface area contributed by atoms with Crippen LogP contribution in [0.25, 0.3) is 0 Å². The summed E-state index contributed by atoms with van der Waals surface area (Å²) in [7, 11) is 0. The van der Waals surface area contributed by atoms with E-state index in [1.807, 2.05) is 17.5 Å². The summed E-state index contributed by atoms with van der Waals surface area (Å²) in [6.07, 6.45) is -0.356. The number of amides is 4. The van der Waals surface area contributed by atoms with E-state index in [1.165, 1.54) is 39.3 Å². The fourth-order valence-corrected chi connectivity index (χ4v) is 4.84. The Bertz CT molecular complexity index is 1030. The highest BCUT2D eigenvalue weighted by molar-refractivity contribution is 7.09. The van der Waals surface area contributed by atoms with Gasteiger partial charge in [0.2, 0.25) is 5.91 Å². The normalized spacial score (nSPS) is 20.9. The SMILES string of the molecule is O=C([O-])CCC(=O)N1CC[C@@H]2[C@H]1C(=O)N(c1cccc(F)c1)C(=O)N2Cc1cccs1. The molecule has 162 valence electrons. The highest BCUT2D eigenvalue weighted by Crippen LogP contribution is 2.35. The van der Waals surface area contributed by atoms with Crippen LogP contribution in [-0.2, 0) is 20.9 Å². The number of carboxylic acid groups (broad SMARTS) is 1. The van der Waals surface area contributed by atoms with Crippen LogP contribution in [0.2, 0.25) is 0 Å². The topological polar surface area (TPSA) is 101 Å². The molecule has 0 aliphatic carbocycles. The molecule has 8 nitrogen and oxygen atoms in total. The Hall–Kier alpha value is -3.27. The lowest BCUT2D eigenvalue weighted by Crippen LogP contribution is -2.66. The van der Waals surface area contributed by atoms with Gasteiger partial charge < -0.3 is 19.7 Å². The second-order valence-corrected chi connectivity index (χ2v) is 8.44. The number of aliphatic carboxylic acids is 1. The number of carbonyl (C=O) groups is 4. The number of carbonyl (C=O) groups excluding carboxylic acids is 4.